The van der Waals surface area contributed by atoms with Gasteiger partial charge < -0.3 is 19.8 Å². The van der Waals surface area contributed by atoms with Gasteiger partial charge >= 0.3 is 7.82 Å². The Hall–Kier alpha value is -1.28. The lowest BCUT2D eigenvalue weighted by atomic mass is 10.0. The molecule has 8 nitrogen and oxygen atoms in total. The zero-order valence-electron chi connectivity index (χ0n) is 48.0. The highest BCUT2D eigenvalue weighted by atomic mass is 31.2. The fourth-order valence-corrected chi connectivity index (χ4v) is 9.97. The second kappa shape index (κ2) is 53.5. The molecule has 0 aromatic carbocycles. The van der Waals surface area contributed by atoms with Crippen LogP contribution < -0.4 is 5.32 Å². The number of amides is 1. The van der Waals surface area contributed by atoms with Crippen molar-refractivity contribution in [2.45, 2.75) is 315 Å². The average Bonchev–Trinajstić information content (AvgIpc) is 3.33. The number of aliphatic hydroxyl groups is 1. The third kappa shape index (κ3) is 56.3. The van der Waals surface area contributed by atoms with Gasteiger partial charge in [0.25, 0.3) is 0 Å². The summed E-state index contributed by atoms with van der Waals surface area (Å²) in [4.78, 5) is 23.3. The number of carbonyl (C=O) groups excluding carboxylic acids is 1. The SMILES string of the molecule is CCCCCCCCC/C=C\CCCCCCCCCC(=O)NC(COP(=O)(O)OCC[N+](C)(C)C)C(O)/C=C/CC/C=C/CCCCCCCCCCCCCCCCCCCCCCCCCCC. The first kappa shape index (κ1) is 69.7. The van der Waals surface area contributed by atoms with Gasteiger partial charge in [-0.25, -0.2) is 4.57 Å². The van der Waals surface area contributed by atoms with Crippen LogP contribution in [0, 0.1) is 0 Å². The molecule has 0 aliphatic rings. The Labute approximate surface area is 442 Å². The molecule has 9 heteroatoms. The van der Waals surface area contributed by atoms with Crippen molar-refractivity contribution in [2.75, 3.05) is 40.9 Å². The van der Waals surface area contributed by atoms with Crippen LogP contribution in [0.5, 0.6) is 0 Å². The van der Waals surface area contributed by atoms with Crippen molar-refractivity contribution in [3.63, 3.8) is 0 Å². The van der Waals surface area contributed by atoms with Gasteiger partial charge in [0.05, 0.1) is 39.9 Å². The summed E-state index contributed by atoms with van der Waals surface area (Å²) in [5.41, 5.74) is 0. The largest absolute Gasteiger partial charge is 0.472 e. The summed E-state index contributed by atoms with van der Waals surface area (Å²) >= 11 is 0. The van der Waals surface area contributed by atoms with Crippen molar-refractivity contribution < 1.29 is 32.9 Å². The number of hydrogen-bond donors (Lipinski definition) is 3. The number of carbonyl (C=O) groups is 1. The van der Waals surface area contributed by atoms with E-state index in [9.17, 15) is 19.4 Å². The second-order valence-corrected chi connectivity index (χ2v) is 23.9. The zero-order chi connectivity index (χ0) is 52.0. The van der Waals surface area contributed by atoms with Crippen molar-refractivity contribution in [1.82, 2.24) is 5.32 Å². The van der Waals surface area contributed by atoms with Gasteiger partial charge in [0.1, 0.15) is 13.2 Å². The average molecular weight is 1020 g/mol. The van der Waals surface area contributed by atoms with Crippen LogP contribution in [0.3, 0.4) is 0 Å². The molecule has 0 radical (unpaired) electrons. The summed E-state index contributed by atoms with van der Waals surface area (Å²) in [5.74, 6) is -0.188. The fourth-order valence-electron chi connectivity index (χ4n) is 9.23. The Balaban J connectivity index is 4.14. The standard InChI is InChI=1S/C62H121N2O6P/c1-6-8-10-12-14-16-18-20-22-24-26-27-28-29-30-31-32-33-34-35-36-37-38-39-41-43-45-47-49-51-53-55-61(65)60(59-70-71(67,68)69-58-57-64(3,4)5)63-62(66)56-54-52-50-48-46-44-42-40-25-23-21-19-17-15-13-11-9-7-2/h23,25,45,47,53,55,60-61,65H,6-22,24,26-44,46,48-52,54,56-59H2,1-5H3,(H-,63,66,67,68)/p+1/b25-23-,47-45+,55-53+. The molecular weight excluding hydrogens is 900 g/mol. The molecule has 1 amide bonds. The fraction of sp³-hybridized carbons (Fsp3) is 0.887. The van der Waals surface area contributed by atoms with E-state index >= 15 is 0 Å². The van der Waals surface area contributed by atoms with Crippen molar-refractivity contribution in [1.29, 1.82) is 0 Å². The molecule has 0 fully saturated rings. The van der Waals surface area contributed by atoms with Crippen LogP contribution in [0.1, 0.15) is 303 Å². The van der Waals surface area contributed by atoms with Gasteiger partial charge in [-0.05, 0) is 57.8 Å². The Kier molecular flexibility index (Phi) is 52.6. The van der Waals surface area contributed by atoms with E-state index in [2.05, 4.69) is 43.5 Å². The number of likely N-dealkylation sites (N-methyl/N-ethyl adjacent to an activating group) is 1. The van der Waals surface area contributed by atoms with Gasteiger partial charge in [0, 0.05) is 6.42 Å². The first-order valence-electron chi connectivity index (χ1n) is 30.9. The number of unbranched alkanes of at least 4 members (excludes halogenated alkanes) is 40. The van der Waals surface area contributed by atoms with Crippen LogP contribution in [0.15, 0.2) is 36.5 Å². The van der Waals surface area contributed by atoms with Crippen LogP contribution in [0.2, 0.25) is 0 Å². The summed E-state index contributed by atoms with van der Waals surface area (Å²) in [6.45, 7) is 4.83. The summed E-state index contributed by atoms with van der Waals surface area (Å²) in [6.07, 6.45) is 69.9. The van der Waals surface area contributed by atoms with Gasteiger partial charge in [-0.1, -0.05) is 275 Å². The van der Waals surface area contributed by atoms with E-state index in [1.807, 2.05) is 27.2 Å². The Morgan fingerprint density at radius 2 is 0.775 bits per heavy atom. The minimum absolute atomic E-state index is 0.0559. The maximum absolute atomic E-state index is 13.0. The molecular formula is C62H122N2O6P+. The van der Waals surface area contributed by atoms with E-state index in [0.29, 0.717) is 17.4 Å². The van der Waals surface area contributed by atoms with Crippen LogP contribution in [-0.2, 0) is 18.4 Å². The third-order valence-corrected chi connectivity index (χ3v) is 15.1. The van der Waals surface area contributed by atoms with Gasteiger partial charge in [-0.3, -0.25) is 13.8 Å². The minimum Gasteiger partial charge on any atom is -0.387 e. The highest BCUT2D eigenvalue weighted by Gasteiger charge is 2.27. The van der Waals surface area contributed by atoms with E-state index in [0.717, 1.165) is 38.5 Å². The number of phosphoric acid groups is 1. The highest BCUT2D eigenvalue weighted by molar-refractivity contribution is 7.47. The van der Waals surface area contributed by atoms with E-state index < -0.39 is 20.0 Å². The second-order valence-electron chi connectivity index (χ2n) is 22.4. The first-order chi connectivity index (χ1) is 34.5. The lowest BCUT2D eigenvalue weighted by molar-refractivity contribution is -0.870. The Bertz CT molecular complexity index is 1250. The number of rotatable bonds is 57. The van der Waals surface area contributed by atoms with Crippen molar-refractivity contribution in [3.05, 3.63) is 36.5 Å². The summed E-state index contributed by atoms with van der Waals surface area (Å²) in [7, 11) is 1.56. The number of hydrogen-bond acceptors (Lipinski definition) is 5. The van der Waals surface area contributed by atoms with Gasteiger partial charge in [0.15, 0.2) is 0 Å². The van der Waals surface area contributed by atoms with Gasteiger partial charge in [-0.15, -0.1) is 0 Å². The topological polar surface area (TPSA) is 105 Å². The van der Waals surface area contributed by atoms with E-state index in [1.165, 1.54) is 244 Å². The van der Waals surface area contributed by atoms with E-state index in [-0.39, 0.29) is 19.1 Å². The Morgan fingerprint density at radius 3 is 1.13 bits per heavy atom. The molecule has 0 saturated carbocycles. The molecule has 0 heterocycles. The predicted molar refractivity (Wildman–Crippen MR) is 309 cm³/mol. The predicted octanol–water partition coefficient (Wildman–Crippen LogP) is 18.9. The molecule has 3 unspecified atom stereocenters. The van der Waals surface area contributed by atoms with Gasteiger partial charge in [-0.2, -0.15) is 0 Å². The molecule has 71 heavy (non-hydrogen) atoms. The molecule has 3 N–H and O–H groups in total. The number of nitrogens with one attached hydrogen (secondary N) is 1. The lowest BCUT2D eigenvalue weighted by Gasteiger charge is -2.25. The van der Waals surface area contributed by atoms with Crippen LogP contribution in [-0.4, -0.2) is 73.4 Å². The maximum atomic E-state index is 13.0. The third-order valence-electron chi connectivity index (χ3n) is 14.1. The molecule has 0 aliphatic heterocycles. The lowest BCUT2D eigenvalue weighted by Crippen LogP contribution is -2.45. The molecule has 0 aromatic heterocycles. The number of quaternary nitrogens is 1. The molecule has 0 saturated heterocycles. The van der Waals surface area contributed by atoms with Crippen molar-refractivity contribution >= 4 is 13.7 Å². The molecule has 0 bridgehead atoms. The number of phosphoric ester groups is 1. The summed E-state index contributed by atoms with van der Waals surface area (Å²) < 4.78 is 23.7. The molecule has 0 aliphatic carbocycles. The number of nitrogens with zero attached hydrogens (tertiary/aromatic N) is 1. The number of aliphatic hydroxyl groups excluding tert-OH is 1. The first-order valence-corrected chi connectivity index (χ1v) is 32.4. The quantitative estimate of drug-likeness (QED) is 0.0243. The van der Waals surface area contributed by atoms with Gasteiger partial charge in [0.2, 0.25) is 5.91 Å². The normalized spacial score (nSPS) is 14.1. The molecule has 0 aromatic rings. The monoisotopic (exact) mass is 1020 g/mol. The maximum Gasteiger partial charge on any atom is 0.472 e. The molecule has 0 rings (SSSR count). The van der Waals surface area contributed by atoms with Crippen molar-refractivity contribution in [2.24, 2.45) is 0 Å². The molecule has 0 spiro atoms. The van der Waals surface area contributed by atoms with Crippen LogP contribution in [0.25, 0.3) is 0 Å². The summed E-state index contributed by atoms with van der Waals surface area (Å²) in [5, 5.41) is 13.9. The zero-order valence-corrected chi connectivity index (χ0v) is 48.9. The van der Waals surface area contributed by atoms with E-state index in [1.54, 1.807) is 6.08 Å². The van der Waals surface area contributed by atoms with E-state index in [4.69, 9.17) is 9.05 Å². The van der Waals surface area contributed by atoms with Crippen LogP contribution >= 0.6 is 7.82 Å². The van der Waals surface area contributed by atoms with Crippen molar-refractivity contribution in [3.8, 4) is 0 Å². The molecule has 420 valence electrons. The highest BCUT2D eigenvalue weighted by Crippen LogP contribution is 2.43. The Morgan fingerprint density at radius 1 is 0.465 bits per heavy atom. The molecule has 3 atom stereocenters. The number of allylic oxidation sites excluding steroid dienone is 5. The smallest absolute Gasteiger partial charge is 0.387 e. The van der Waals surface area contributed by atoms with Crippen LogP contribution in [0.4, 0.5) is 0 Å². The minimum atomic E-state index is -4.36. The summed E-state index contributed by atoms with van der Waals surface area (Å²) in [6, 6.07) is -0.866.